The molecule has 0 radical (unpaired) electrons. The highest BCUT2D eigenvalue weighted by Crippen LogP contribution is 2.08. The van der Waals surface area contributed by atoms with Crippen molar-refractivity contribution in [2.24, 2.45) is 0 Å². The molecule has 6 heteroatoms. The maximum absolute atomic E-state index is 11.7. The van der Waals surface area contributed by atoms with Gasteiger partial charge in [0.1, 0.15) is 0 Å². The molecule has 6 nitrogen and oxygen atoms in total. The average Bonchev–Trinajstić information content (AvgIpc) is 2.88. The standard InChI is InChI=1S/C11H18N4O2/c1-9(2)15-8-11(17-13-15)12-10(16)7-14-5-3-4-6-14/h8-9H,3-7H2,1-2H3/p+1. The molecular weight excluding hydrogens is 220 g/mol. The molecule has 1 fully saturated rings. The summed E-state index contributed by atoms with van der Waals surface area (Å²) in [6.45, 7) is 6.45. The van der Waals surface area contributed by atoms with Crippen molar-refractivity contribution in [3.63, 3.8) is 0 Å². The molecule has 1 amide bonds. The summed E-state index contributed by atoms with van der Waals surface area (Å²) in [5.41, 5.74) is 0. The molecule has 17 heavy (non-hydrogen) atoms. The van der Waals surface area contributed by atoms with E-state index in [0.717, 1.165) is 13.1 Å². The van der Waals surface area contributed by atoms with Gasteiger partial charge in [0, 0.05) is 0 Å². The van der Waals surface area contributed by atoms with Gasteiger partial charge in [-0.25, -0.2) is 0 Å². The Morgan fingerprint density at radius 2 is 2.29 bits per heavy atom. The molecule has 1 N–H and O–H groups in total. The maximum atomic E-state index is 11.7. The van der Waals surface area contributed by atoms with E-state index in [1.165, 1.54) is 12.8 Å². The fourth-order valence-electron chi connectivity index (χ4n) is 1.88. The number of nitrogens with one attached hydrogen (secondary N) is 1. The van der Waals surface area contributed by atoms with E-state index in [1.807, 2.05) is 13.8 Å². The SMILES string of the molecule is CC(C)[n+]1cc(NC(=O)CN2CCCC2)on1. The molecule has 0 atom stereocenters. The van der Waals surface area contributed by atoms with Crippen LogP contribution < -0.4 is 10.00 Å². The summed E-state index contributed by atoms with van der Waals surface area (Å²) in [5.74, 6) is 0.363. The molecule has 2 rings (SSSR count). The van der Waals surface area contributed by atoms with Crippen LogP contribution in [0.15, 0.2) is 10.7 Å². The minimum Gasteiger partial charge on any atom is -0.295 e. The zero-order valence-electron chi connectivity index (χ0n) is 10.3. The molecule has 1 aromatic rings. The summed E-state index contributed by atoms with van der Waals surface area (Å²) in [5, 5.41) is 6.53. The molecule has 1 aromatic heterocycles. The Balaban J connectivity index is 1.84. The first kappa shape index (κ1) is 12.0. The molecule has 2 heterocycles. The number of nitrogens with zero attached hydrogens (tertiary/aromatic N) is 3. The van der Waals surface area contributed by atoms with Crippen LogP contribution in [0.4, 0.5) is 5.88 Å². The van der Waals surface area contributed by atoms with Crippen molar-refractivity contribution in [2.45, 2.75) is 32.7 Å². The van der Waals surface area contributed by atoms with Crippen molar-refractivity contribution >= 4 is 11.8 Å². The topological polar surface area (TPSA) is 62.3 Å². The molecule has 94 valence electrons. The first-order valence-electron chi connectivity index (χ1n) is 6.05. The van der Waals surface area contributed by atoms with Gasteiger partial charge in [-0.2, -0.15) is 0 Å². The van der Waals surface area contributed by atoms with Crippen molar-refractivity contribution < 1.29 is 14.0 Å². The summed E-state index contributed by atoms with van der Waals surface area (Å²) >= 11 is 0. The number of hydrogen-bond donors (Lipinski definition) is 1. The van der Waals surface area contributed by atoms with E-state index >= 15 is 0 Å². The minimum absolute atomic E-state index is 0.0426. The van der Waals surface area contributed by atoms with Gasteiger partial charge in [-0.15, -0.1) is 0 Å². The van der Waals surface area contributed by atoms with E-state index in [4.69, 9.17) is 4.52 Å². The average molecular weight is 239 g/mol. The molecule has 0 bridgehead atoms. The van der Waals surface area contributed by atoms with Crippen LogP contribution in [-0.4, -0.2) is 35.7 Å². The lowest BCUT2D eigenvalue weighted by Gasteiger charge is -2.12. The normalized spacial score (nSPS) is 16.6. The number of carbonyl (C=O) groups excluding carboxylic acids is 1. The predicted octanol–water partition coefficient (Wildman–Crippen LogP) is 0.577. The lowest BCUT2D eigenvalue weighted by Crippen LogP contribution is -2.37. The van der Waals surface area contributed by atoms with Crippen LogP contribution in [0, 0.1) is 0 Å². The largest absolute Gasteiger partial charge is 0.302 e. The zero-order valence-corrected chi connectivity index (χ0v) is 10.3. The second-order valence-electron chi connectivity index (χ2n) is 4.67. The number of aromatic nitrogens is 2. The van der Waals surface area contributed by atoms with Crippen molar-refractivity contribution in [3.8, 4) is 0 Å². The minimum atomic E-state index is -0.0426. The first-order chi connectivity index (χ1) is 8.15. The summed E-state index contributed by atoms with van der Waals surface area (Å²) in [7, 11) is 0. The molecular formula is C11H19N4O2+. The van der Waals surface area contributed by atoms with Crippen LogP contribution in [0.2, 0.25) is 0 Å². The van der Waals surface area contributed by atoms with Crippen LogP contribution in [0.3, 0.4) is 0 Å². The molecule has 1 saturated heterocycles. The van der Waals surface area contributed by atoms with E-state index in [-0.39, 0.29) is 11.9 Å². The first-order valence-corrected chi connectivity index (χ1v) is 6.05. The highest BCUT2D eigenvalue weighted by atomic mass is 16.5. The summed E-state index contributed by atoms with van der Waals surface area (Å²) in [6.07, 6.45) is 4.07. The van der Waals surface area contributed by atoms with E-state index in [2.05, 4.69) is 15.5 Å². The summed E-state index contributed by atoms with van der Waals surface area (Å²) in [6, 6.07) is 0.225. The van der Waals surface area contributed by atoms with Crippen LogP contribution in [0.25, 0.3) is 0 Å². The third kappa shape index (κ3) is 3.26. The Morgan fingerprint density at radius 1 is 1.59 bits per heavy atom. The lowest BCUT2D eigenvalue weighted by atomic mass is 10.4. The molecule has 0 unspecified atom stereocenters. The number of likely N-dealkylation sites (tertiary alicyclic amines) is 1. The van der Waals surface area contributed by atoms with E-state index in [0.29, 0.717) is 12.4 Å². The smallest absolute Gasteiger partial charge is 0.295 e. The van der Waals surface area contributed by atoms with Gasteiger partial charge < -0.3 is 0 Å². The van der Waals surface area contributed by atoms with Gasteiger partial charge in [-0.1, -0.05) is 0 Å². The molecule has 1 aliphatic rings. The lowest BCUT2D eigenvalue weighted by molar-refractivity contribution is -0.779. The van der Waals surface area contributed by atoms with Crippen LogP contribution in [0.1, 0.15) is 32.7 Å². The molecule has 0 aromatic carbocycles. The Morgan fingerprint density at radius 3 is 2.88 bits per heavy atom. The molecule has 0 aliphatic carbocycles. The van der Waals surface area contributed by atoms with Gasteiger partial charge in [-0.05, 0) is 44.5 Å². The second-order valence-corrected chi connectivity index (χ2v) is 4.67. The number of carbonyl (C=O) groups is 1. The Hall–Kier alpha value is -1.43. The number of amides is 1. The monoisotopic (exact) mass is 239 g/mol. The fraction of sp³-hybridized carbons (Fsp3) is 0.727. The number of rotatable bonds is 4. The van der Waals surface area contributed by atoms with Gasteiger partial charge >= 0.3 is 5.88 Å². The zero-order chi connectivity index (χ0) is 12.3. The number of hydrogen-bond acceptors (Lipinski definition) is 4. The Bertz CT molecular complexity index is 383. The Kier molecular flexibility index (Phi) is 3.73. The highest BCUT2D eigenvalue weighted by Gasteiger charge is 2.19. The summed E-state index contributed by atoms with van der Waals surface area (Å²) in [4.78, 5) is 13.8. The van der Waals surface area contributed by atoms with Gasteiger partial charge in [-0.3, -0.25) is 19.5 Å². The van der Waals surface area contributed by atoms with Gasteiger partial charge in [0.25, 0.3) is 6.20 Å². The maximum Gasteiger partial charge on any atom is 0.302 e. The van der Waals surface area contributed by atoms with E-state index in [1.54, 1.807) is 10.9 Å². The third-order valence-electron chi connectivity index (χ3n) is 2.84. The quantitative estimate of drug-likeness (QED) is 0.781. The van der Waals surface area contributed by atoms with Crippen molar-refractivity contribution in [2.75, 3.05) is 25.0 Å². The highest BCUT2D eigenvalue weighted by molar-refractivity contribution is 5.90. The third-order valence-corrected chi connectivity index (χ3v) is 2.84. The van der Waals surface area contributed by atoms with Crippen LogP contribution in [0.5, 0.6) is 0 Å². The molecule has 0 spiro atoms. The summed E-state index contributed by atoms with van der Waals surface area (Å²) < 4.78 is 6.70. The van der Waals surface area contributed by atoms with Crippen LogP contribution in [-0.2, 0) is 4.79 Å². The van der Waals surface area contributed by atoms with Gasteiger partial charge in [0.2, 0.25) is 11.2 Å². The van der Waals surface area contributed by atoms with E-state index in [9.17, 15) is 4.79 Å². The predicted molar refractivity (Wildman–Crippen MR) is 61.4 cm³/mol. The van der Waals surface area contributed by atoms with Crippen molar-refractivity contribution in [3.05, 3.63) is 6.20 Å². The van der Waals surface area contributed by atoms with Crippen molar-refractivity contribution in [1.29, 1.82) is 0 Å². The Labute approximate surface area is 101 Å². The molecule has 0 saturated carbocycles. The van der Waals surface area contributed by atoms with Crippen LogP contribution >= 0.6 is 0 Å². The van der Waals surface area contributed by atoms with Crippen molar-refractivity contribution in [1.82, 2.24) is 10.2 Å². The van der Waals surface area contributed by atoms with Gasteiger partial charge in [0.05, 0.1) is 6.54 Å². The number of anilines is 1. The molecule has 1 aliphatic heterocycles. The fourth-order valence-corrected chi connectivity index (χ4v) is 1.88. The second kappa shape index (κ2) is 5.27. The van der Waals surface area contributed by atoms with Gasteiger partial charge in [0.15, 0.2) is 6.04 Å². The van der Waals surface area contributed by atoms with E-state index < -0.39 is 0 Å².